The molecule has 0 spiro atoms. The van der Waals surface area contributed by atoms with Crippen LogP contribution in [-0.4, -0.2) is 75.4 Å². The van der Waals surface area contributed by atoms with Crippen molar-refractivity contribution in [3.05, 3.63) is 113 Å². The number of H-pyrrole nitrogens is 1. The molecule has 8 N–H and O–H groups in total. The lowest BCUT2D eigenvalue weighted by Gasteiger charge is -2.11. The SMILES string of the molecule is O=C(O)c1[nH]n(-c2cccc(S(=O)(=O)O)c2)c(=O)c1N=Nc1cc2c(O)c(N=Nc3ccc(N=Nc4ccc(SOOO)cc4)c4ccc(S(=O)(=O)O)cc34)c(SOO)cc2cc1S(=O)(=O)O. The topological polar surface area (TPSA) is 401 Å². The van der Waals surface area contributed by atoms with Gasteiger partial charge in [-0.15, -0.1) is 29.9 Å². The lowest BCUT2D eigenvalue weighted by Crippen LogP contribution is -2.14. The third-order valence-electron chi connectivity index (χ3n) is 9.02. The minimum absolute atomic E-state index is 0.0345. The first-order valence-corrected chi connectivity index (χ1v) is 23.5. The first-order chi connectivity index (χ1) is 31.7. The van der Waals surface area contributed by atoms with Crippen molar-refractivity contribution in [1.29, 1.82) is 0 Å². The molecule has 26 nitrogen and oxygen atoms in total. The molecule has 31 heteroatoms. The second-order valence-electron chi connectivity index (χ2n) is 13.1. The van der Waals surface area contributed by atoms with Crippen LogP contribution in [0.2, 0.25) is 0 Å². The van der Waals surface area contributed by atoms with E-state index in [4.69, 9.17) is 5.26 Å². The van der Waals surface area contributed by atoms with Gasteiger partial charge >= 0.3 is 5.97 Å². The molecule has 0 radical (unpaired) electrons. The van der Waals surface area contributed by atoms with Gasteiger partial charge in [-0.1, -0.05) is 17.2 Å². The molecule has 0 aliphatic heterocycles. The highest BCUT2D eigenvalue weighted by Gasteiger charge is 2.25. The Bertz CT molecular complexity index is 3640. The number of nitrogens with zero attached hydrogens (tertiary/aromatic N) is 7. The molecule has 346 valence electrons. The van der Waals surface area contributed by atoms with Crippen molar-refractivity contribution >= 4 is 116 Å². The molecule has 0 aliphatic rings. The Hall–Kier alpha value is -6.85. The summed E-state index contributed by atoms with van der Waals surface area (Å²) < 4.78 is 112. The highest BCUT2D eigenvalue weighted by atomic mass is 32.2. The normalized spacial score (nSPS) is 12.7. The molecule has 1 aromatic heterocycles. The van der Waals surface area contributed by atoms with E-state index in [1.165, 1.54) is 24.3 Å². The van der Waals surface area contributed by atoms with Crippen LogP contribution >= 0.6 is 24.1 Å². The molecule has 0 saturated carbocycles. The smallest absolute Gasteiger partial charge is 0.356 e. The molecule has 7 rings (SSSR count). The van der Waals surface area contributed by atoms with Gasteiger partial charge in [-0.05, 0) is 90.3 Å². The zero-order valence-electron chi connectivity index (χ0n) is 32.5. The highest BCUT2D eigenvalue weighted by Crippen LogP contribution is 2.47. The van der Waals surface area contributed by atoms with Crippen molar-refractivity contribution in [2.75, 3.05) is 0 Å². The van der Waals surface area contributed by atoms with Gasteiger partial charge in [0.25, 0.3) is 35.9 Å². The number of carbonyl (C=O) groups is 1. The summed E-state index contributed by atoms with van der Waals surface area (Å²) >= 11 is 0.910. The number of hydrogen-bond donors (Lipinski definition) is 8. The molecule has 7 aromatic rings. The number of rotatable bonds is 16. The molecule has 0 bridgehead atoms. The largest absolute Gasteiger partial charge is 0.505 e. The van der Waals surface area contributed by atoms with Gasteiger partial charge in [0.2, 0.25) is 0 Å². The van der Waals surface area contributed by atoms with Gasteiger partial charge in [-0.3, -0.25) is 23.6 Å². The van der Waals surface area contributed by atoms with E-state index in [1.54, 1.807) is 24.3 Å². The number of carboxylic acid groups (broad SMARTS) is 1. The molecule has 1 heterocycles. The molecule has 0 unspecified atom stereocenters. The number of carboxylic acids is 1. The minimum atomic E-state index is -5.23. The van der Waals surface area contributed by atoms with Crippen LogP contribution in [0.25, 0.3) is 27.2 Å². The van der Waals surface area contributed by atoms with E-state index in [0.717, 1.165) is 48.5 Å². The van der Waals surface area contributed by atoms with Crippen LogP contribution in [0.4, 0.5) is 34.1 Å². The van der Waals surface area contributed by atoms with Gasteiger partial charge in [-0.2, -0.15) is 34.7 Å². The summed E-state index contributed by atoms with van der Waals surface area (Å²) in [6.07, 6.45) is 0. The standard InChI is InChI=1S/C36H24N8O18S5/c45-34-24-16-28(40-42-32-33(36(47)48)43-44(35(32)46)19-2-1-3-21(14-19)65(51,52)53)30(67(57,58)59)13-17(24)12-29(64-61-50)31(34)41-39-27-11-10-26(23-9-8-22(15-25(23)27)66(54,55)56)38-37-18-4-6-20(7-5-18)63-62-60-49/h1-16,43,45,49-50H,(H,47,48)(H,51,52,53)(H,54,55,56)(H,57,58,59). The molecule has 0 amide bonds. The van der Waals surface area contributed by atoms with E-state index in [1.807, 2.05) is 0 Å². The summed E-state index contributed by atoms with van der Waals surface area (Å²) in [5.74, 6) is -2.58. The predicted octanol–water partition coefficient (Wildman–Crippen LogP) is 8.79. The molecule has 67 heavy (non-hydrogen) atoms. The number of fused-ring (bicyclic) bond motifs is 2. The van der Waals surface area contributed by atoms with Gasteiger partial charge in [0.05, 0.1) is 61.5 Å². The van der Waals surface area contributed by atoms with Crippen LogP contribution < -0.4 is 5.56 Å². The second-order valence-corrected chi connectivity index (χ2v) is 18.9. The number of nitrogens with one attached hydrogen (secondary N) is 1. The number of azo groups is 3. The summed E-state index contributed by atoms with van der Waals surface area (Å²) in [6.45, 7) is 0. The lowest BCUT2D eigenvalue weighted by atomic mass is 10.1. The van der Waals surface area contributed by atoms with E-state index >= 15 is 0 Å². The van der Waals surface area contributed by atoms with E-state index in [0.29, 0.717) is 27.3 Å². The number of hydrogen-bond acceptors (Lipinski definition) is 22. The van der Waals surface area contributed by atoms with Crippen LogP contribution in [-0.2, 0) is 44.1 Å². The summed E-state index contributed by atoms with van der Waals surface area (Å²) in [5, 5.41) is 68.8. The molecular formula is C36H24N8O18S5. The van der Waals surface area contributed by atoms with E-state index in [9.17, 15) is 64.0 Å². The number of phenolic OH excluding ortho intramolecular Hbond substituents is 1. The number of aromatic amines is 1. The average Bonchev–Trinajstić information content (AvgIpc) is 3.62. The molecule has 6 aromatic carbocycles. The maximum Gasteiger partial charge on any atom is 0.356 e. The van der Waals surface area contributed by atoms with Crippen LogP contribution in [0.3, 0.4) is 0 Å². The first-order valence-electron chi connectivity index (χ1n) is 17.7. The third-order valence-corrected chi connectivity index (χ3v) is 12.8. The van der Waals surface area contributed by atoms with Gasteiger partial charge in [0.1, 0.15) is 16.3 Å². The summed E-state index contributed by atoms with van der Waals surface area (Å²) in [6, 6.07) is 19.3. The molecule has 0 saturated heterocycles. The fourth-order valence-electron chi connectivity index (χ4n) is 6.06. The zero-order chi connectivity index (χ0) is 48.4. The van der Waals surface area contributed by atoms with Crippen molar-refractivity contribution in [1.82, 2.24) is 9.78 Å². The van der Waals surface area contributed by atoms with Gasteiger partial charge in [0, 0.05) is 21.1 Å². The van der Waals surface area contributed by atoms with E-state index < -0.39 is 85.1 Å². The fourth-order valence-corrected chi connectivity index (χ4v) is 8.55. The Kier molecular flexibility index (Phi) is 13.8. The lowest BCUT2D eigenvalue weighted by molar-refractivity contribution is -0.432. The van der Waals surface area contributed by atoms with Crippen molar-refractivity contribution in [3.8, 4) is 11.4 Å². The molecule has 0 fully saturated rings. The Morgan fingerprint density at radius 3 is 1.93 bits per heavy atom. The summed E-state index contributed by atoms with van der Waals surface area (Å²) in [5.41, 5.74) is -4.20. The zero-order valence-corrected chi connectivity index (χ0v) is 36.6. The fraction of sp³-hybridized carbons (Fsp3) is 0. The van der Waals surface area contributed by atoms with E-state index in [2.05, 4.69) is 49.5 Å². The number of aromatic hydroxyl groups is 1. The number of benzene rings is 6. The van der Waals surface area contributed by atoms with Crippen LogP contribution in [0.5, 0.6) is 5.75 Å². The Morgan fingerprint density at radius 2 is 1.28 bits per heavy atom. The van der Waals surface area contributed by atoms with Gasteiger partial charge < -0.3 is 10.2 Å². The monoisotopic (exact) mass is 1020 g/mol. The highest BCUT2D eigenvalue weighted by molar-refractivity contribution is 7.95. The first kappa shape index (κ1) is 48.1. The minimum Gasteiger partial charge on any atom is -0.505 e. The summed E-state index contributed by atoms with van der Waals surface area (Å²) in [4.78, 5) is 23.7. The average molecular weight is 1020 g/mol. The quantitative estimate of drug-likeness (QED) is 0.0147. The Balaban J connectivity index is 1.33. The maximum absolute atomic E-state index is 13.4. The Morgan fingerprint density at radius 1 is 0.642 bits per heavy atom. The van der Waals surface area contributed by atoms with Gasteiger partial charge in [-0.25, -0.2) is 20.0 Å². The predicted molar refractivity (Wildman–Crippen MR) is 232 cm³/mol. The van der Waals surface area contributed by atoms with Gasteiger partial charge in [0.15, 0.2) is 17.1 Å². The molecule has 0 atom stereocenters. The van der Waals surface area contributed by atoms with Crippen molar-refractivity contribution in [3.63, 3.8) is 0 Å². The van der Waals surface area contributed by atoms with Crippen molar-refractivity contribution in [2.45, 2.75) is 24.5 Å². The van der Waals surface area contributed by atoms with E-state index in [-0.39, 0.29) is 55.5 Å². The maximum atomic E-state index is 13.4. The molecular weight excluding hydrogens is 993 g/mol. The van der Waals surface area contributed by atoms with Crippen molar-refractivity contribution in [2.24, 2.45) is 30.7 Å². The Labute approximate surface area is 382 Å². The van der Waals surface area contributed by atoms with Crippen LogP contribution in [0.1, 0.15) is 10.5 Å². The second kappa shape index (κ2) is 19.2. The summed E-state index contributed by atoms with van der Waals surface area (Å²) in [7, 11) is -14.8. The van der Waals surface area contributed by atoms with Crippen LogP contribution in [0, 0.1) is 0 Å². The number of phenols is 1. The van der Waals surface area contributed by atoms with Crippen molar-refractivity contribution < 1.29 is 78.1 Å². The number of aromatic nitrogens is 2. The third kappa shape index (κ3) is 10.6. The number of aromatic carboxylic acids is 1. The van der Waals surface area contributed by atoms with Crippen LogP contribution in [0.15, 0.2) is 157 Å². The molecule has 0 aliphatic carbocycles.